The molecular formula is C8H16N2. The lowest BCUT2D eigenvalue weighted by Crippen LogP contribution is -2.08. The van der Waals surface area contributed by atoms with E-state index in [4.69, 9.17) is 5.73 Å². The van der Waals surface area contributed by atoms with Crippen LogP contribution in [0.25, 0.3) is 0 Å². The summed E-state index contributed by atoms with van der Waals surface area (Å²) >= 11 is 0. The van der Waals surface area contributed by atoms with Gasteiger partial charge >= 0.3 is 0 Å². The van der Waals surface area contributed by atoms with E-state index in [0.717, 1.165) is 6.54 Å². The van der Waals surface area contributed by atoms with Gasteiger partial charge in [-0.2, -0.15) is 0 Å². The zero-order valence-electron chi connectivity index (χ0n) is 6.96. The van der Waals surface area contributed by atoms with Gasteiger partial charge in [0.15, 0.2) is 0 Å². The molecule has 0 unspecified atom stereocenters. The Morgan fingerprint density at radius 1 is 1.60 bits per heavy atom. The Bertz CT molecular complexity index is 134. The lowest BCUT2D eigenvalue weighted by molar-refractivity contribution is 0.832. The average molecular weight is 140 g/mol. The van der Waals surface area contributed by atoms with E-state index in [9.17, 15) is 0 Å². The van der Waals surface area contributed by atoms with Crippen LogP contribution >= 0.6 is 0 Å². The molecule has 0 atom stereocenters. The molecule has 0 amide bonds. The van der Waals surface area contributed by atoms with Gasteiger partial charge in [-0.1, -0.05) is 19.9 Å². The second-order valence-corrected chi connectivity index (χ2v) is 2.50. The quantitative estimate of drug-likeness (QED) is 0.469. The van der Waals surface area contributed by atoms with Crippen molar-refractivity contribution in [1.82, 2.24) is 0 Å². The molecule has 0 saturated heterocycles. The highest BCUT2D eigenvalue weighted by Crippen LogP contribution is 1.92. The molecule has 0 aromatic heterocycles. The maximum Gasteiger partial charge on any atom is 0.117 e. The zero-order chi connectivity index (χ0) is 7.98. The highest BCUT2D eigenvalue weighted by atomic mass is 14.8. The monoisotopic (exact) mass is 140 g/mol. The van der Waals surface area contributed by atoms with Crippen LogP contribution in [-0.4, -0.2) is 12.4 Å². The van der Waals surface area contributed by atoms with Crippen LogP contribution in [0.3, 0.4) is 0 Å². The smallest absolute Gasteiger partial charge is 0.117 e. The lowest BCUT2D eigenvalue weighted by atomic mass is 10.2. The van der Waals surface area contributed by atoms with Crippen LogP contribution in [0.15, 0.2) is 17.1 Å². The second-order valence-electron chi connectivity index (χ2n) is 2.50. The number of rotatable bonds is 3. The summed E-state index contributed by atoms with van der Waals surface area (Å²) in [6.45, 7) is 6.94. The van der Waals surface area contributed by atoms with Crippen LogP contribution in [0, 0.1) is 5.92 Å². The Labute approximate surface area is 62.8 Å². The van der Waals surface area contributed by atoms with Crippen molar-refractivity contribution in [1.29, 1.82) is 0 Å². The third-order valence-corrected chi connectivity index (χ3v) is 0.993. The van der Waals surface area contributed by atoms with Gasteiger partial charge in [-0.15, -0.1) is 0 Å². The Hall–Kier alpha value is -0.790. The normalized spacial score (nSPS) is 13.4. The maximum atomic E-state index is 5.50. The Morgan fingerprint density at radius 2 is 2.20 bits per heavy atom. The first-order valence-corrected chi connectivity index (χ1v) is 3.65. The summed E-state index contributed by atoms with van der Waals surface area (Å²) in [5.74, 6) is 1.17. The minimum absolute atomic E-state index is 0.547. The van der Waals surface area contributed by atoms with Crippen molar-refractivity contribution in [2.45, 2.75) is 20.8 Å². The Balaban J connectivity index is 3.77. The first-order chi connectivity index (χ1) is 4.66. The number of aliphatic imine (C=N–C) groups is 1. The van der Waals surface area contributed by atoms with Crippen LogP contribution in [0.2, 0.25) is 0 Å². The minimum Gasteiger partial charge on any atom is -0.384 e. The summed E-state index contributed by atoms with van der Waals surface area (Å²) in [6, 6.07) is 0. The summed E-state index contributed by atoms with van der Waals surface area (Å²) in [6.07, 6.45) is 3.89. The summed E-state index contributed by atoms with van der Waals surface area (Å²) < 4.78 is 0. The molecule has 0 aliphatic rings. The number of allylic oxidation sites excluding steroid dienone is 1. The summed E-state index contributed by atoms with van der Waals surface area (Å²) in [5.41, 5.74) is 5.50. The fourth-order valence-corrected chi connectivity index (χ4v) is 0.526. The van der Waals surface area contributed by atoms with E-state index in [0.29, 0.717) is 11.8 Å². The number of hydrogen-bond acceptors (Lipinski definition) is 1. The molecule has 0 rings (SSSR count). The molecule has 10 heavy (non-hydrogen) atoms. The molecule has 2 N–H and O–H groups in total. The van der Waals surface area contributed by atoms with E-state index in [1.54, 1.807) is 0 Å². The van der Waals surface area contributed by atoms with Crippen molar-refractivity contribution >= 4 is 5.84 Å². The molecule has 0 aliphatic carbocycles. The van der Waals surface area contributed by atoms with Gasteiger partial charge in [0.25, 0.3) is 0 Å². The SMILES string of the molecule is CCN=C(N)/C=C\C(C)C. The van der Waals surface area contributed by atoms with E-state index in [2.05, 4.69) is 18.8 Å². The van der Waals surface area contributed by atoms with Crippen molar-refractivity contribution in [2.75, 3.05) is 6.54 Å². The number of nitrogens with two attached hydrogens (primary N) is 1. The fraction of sp³-hybridized carbons (Fsp3) is 0.625. The molecule has 0 saturated carbocycles. The highest BCUT2D eigenvalue weighted by molar-refractivity contribution is 5.91. The van der Waals surface area contributed by atoms with Crippen molar-refractivity contribution in [3.63, 3.8) is 0 Å². The molecule has 0 radical (unpaired) electrons. The topological polar surface area (TPSA) is 38.4 Å². The van der Waals surface area contributed by atoms with E-state index < -0.39 is 0 Å². The van der Waals surface area contributed by atoms with Crippen LogP contribution < -0.4 is 5.73 Å². The third-order valence-electron chi connectivity index (χ3n) is 0.993. The van der Waals surface area contributed by atoms with E-state index in [-0.39, 0.29) is 0 Å². The minimum atomic E-state index is 0.547. The number of amidine groups is 1. The van der Waals surface area contributed by atoms with E-state index in [1.165, 1.54) is 0 Å². The second kappa shape index (κ2) is 5.03. The van der Waals surface area contributed by atoms with Crippen molar-refractivity contribution in [3.8, 4) is 0 Å². The molecule has 0 aromatic rings. The molecule has 0 spiro atoms. The number of hydrogen-bond donors (Lipinski definition) is 1. The highest BCUT2D eigenvalue weighted by Gasteiger charge is 1.84. The van der Waals surface area contributed by atoms with Crippen molar-refractivity contribution < 1.29 is 0 Å². The lowest BCUT2D eigenvalue weighted by Gasteiger charge is -1.93. The summed E-state index contributed by atoms with van der Waals surface area (Å²) in [7, 11) is 0. The summed E-state index contributed by atoms with van der Waals surface area (Å²) in [4.78, 5) is 4.00. The van der Waals surface area contributed by atoms with Crippen molar-refractivity contribution in [3.05, 3.63) is 12.2 Å². The largest absolute Gasteiger partial charge is 0.384 e. The average Bonchev–Trinajstić information content (AvgIpc) is 1.85. The molecule has 0 heterocycles. The first kappa shape index (κ1) is 9.21. The molecule has 2 nitrogen and oxygen atoms in total. The van der Waals surface area contributed by atoms with Gasteiger partial charge in [0, 0.05) is 6.54 Å². The standard InChI is InChI=1S/C8H16N2/c1-4-10-8(9)6-5-7(2)3/h5-7H,4H2,1-3H3,(H2,9,10)/b6-5-. The van der Waals surface area contributed by atoms with Gasteiger partial charge in [-0.25, -0.2) is 0 Å². The van der Waals surface area contributed by atoms with Crippen molar-refractivity contribution in [2.24, 2.45) is 16.6 Å². The first-order valence-electron chi connectivity index (χ1n) is 3.65. The molecule has 58 valence electrons. The molecule has 0 aliphatic heterocycles. The molecule has 0 fully saturated rings. The third kappa shape index (κ3) is 5.35. The van der Waals surface area contributed by atoms with Crippen LogP contribution in [0.1, 0.15) is 20.8 Å². The summed E-state index contributed by atoms with van der Waals surface area (Å²) in [5, 5.41) is 0. The van der Waals surface area contributed by atoms with Crippen LogP contribution in [-0.2, 0) is 0 Å². The van der Waals surface area contributed by atoms with Gasteiger partial charge in [0.2, 0.25) is 0 Å². The van der Waals surface area contributed by atoms with Gasteiger partial charge < -0.3 is 5.73 Å². The molecule has 0 bridgehead atoms. The van der Waals surface area contributed by atoms with Gasteiger partial charge in [0.05, 0.1) is 0 Å². The Morgan fingerprint density at radius 3 is 2.60 bits per heavy atom. The molecule has 2 heteroatoms. The van der Waals surface area contributed by atoms with E-state index >= 15 is 0 Å². The van der Waals surface area contributed by atoms with Crippen LogP contribution in [0.5, 0.6) is 0 Å². The van der Waals surface area contributed by atoms with Gasteiger partial charge in [-0.05, 0) is 18.9 Å². The van der Waals surface area contributed by atoms with Gasteiger partial charge in [0.1, 0.15) is 5.84 Å². The predicted octanol–water partition coefficient (Wildman–Crippen LogP) is 1.58. The maximum absolute atomic E-state index is 5.50. The molecular weight excluding hydrogens is 124 g/mol. The fourth-order valence-electron chi connectivity index (χ4n) is 0.526. The van der Waals surface area contributed by atoms with Crippen LogP contribution in [0.4, 0.5) is 0 Å². The van der Waals surface area contributed by atoms with E-state index in [1.807, 2.05) is 19.1 Å². The van der Waals surface area contributed by atoms with Gasteiger partial charge in [-0.3, -0.25) is 4.99 Å². The zero-order valence-corrected chi connectivity index (χ0v) is 6.96. The predicted molar refractivity (Wildman–Crippen MR) is 46.1 cm³/mol. The molecule has 0 aromatic carbocycles. The number of nitrogens with zero attached hydrogens (tertiary/aromatic N) is 1. The Kier molecular flexibility index (Phi) is 4.63.